The topological polar surface area (TPSA) is 108 Å². The van der Waals surface area contributed by atoms with Crippen molar-refractivity contribution in [3.05, 3.63) is 84.4 Å². The molecule has 7 nitrogen and oxygen atoms in total. The second kappa shape index (κ2) is 9.91. The molecule has 0 atom stereocenters. The highest BCUT2D eigenvalue weighted by Gasteiger charge is 2.14. The lowest BCUT2D eigenvalue weighted by molar-refractivity contribution is -0.134. The Morgan fingerprint density at radius 2 is 1.63 bits per heavy atom. The smallest absolute Gasteiger partial charge is 0.312 e. The Morgan fingerprint density at radius 1 is 0.900 bits per heavy atom. The summed E-state index contributed by atoms with van der Waals surface area (Å²) >= 11 is 0. The van der Waals surface area contributed by atoms with E-state index in [-0.39, 0.29) is 17.9 Å². The van der Waals surface area contributed by atoms with Gasteiger partial charge in [0.2, 0.25) is 10.0 Å². The molecule has 0 unspecified atom stereocenters. The van der Waals surface area contributed by atoms with Crippen LogP contribution >= 0.6 is 0 Å². The van der Waals surface area contributed by atoms with Gasteiger partial charge < -0.3 is 15.2 Å². The summed E-state index contributed by atoms with van der Waals surface area (Å²) in [6.45, 7) is 0.255. The Hall–Kier alpha value is -3.36. The van der Waals surface area contributed by atoms with E-state index in [1.54, 1.807) is 48.5 Å². The molecule has 0 fully saturated rings. The van der Waals surface area contributed by atoms with Crippen LogP contribution < -0.4 is 19.9 Å². The van der Waals surface area contributed by atoms with Crippen LogP contribution in [0.25, 0.3) is 0 Å². The maximum atomic E-state index is 12.1. The molecule has 8 heteroatoms. The standard InChI is InChI=1S/C22H22N2O5S/c23-18-7-4-6-17(14-18)16-28-19-8-5-9-20(15-19)29-22(25)12-13-24-30(26,27)21-10-2-1-3-11-21/h1-11,14-15,24H,12-13,16,23H2. The number of carbonyl (C=O) groups is 1. The lowest BCUT2D eigenvalue weighted by atomic mass is 10.2. The second-order valence-corrected chi connectivity index (χ2v) is 8.21. The van der Waals surface area contributed by atoms with Crippen molar-refractivity contribution in [2.24, 2.45) is 0 Å². The van der Waals surface area contributed by atoms with Crippen molar-refractivity contribution in [3.8, 4) is 11.5 Å². The van der Waals surface area contributed by atoms with Gasteiger partial charge in [-0.2, -0.15) is 0 Å². The molecule has 3 aromatic carbocycles. The summed E-state index contributed by atoms with van der Waals surface area (Å²) in [4.78, 5) is 12.2. The van der Waals surface area contributed by atoms with Crippen LogP contribution in [0.1, 0.15) is 12.0 Å². The van der Waals surface area contributed by atoms with Crippen LogP contribution in [-0.4, -0.2) is 20.9 Å². The number of hydrogen-bond donors (Lipinski definition) is 2. The summed E-state index contributed by atoms with van der Waals surface area (Å²) in [5.74, 6) is 0.294. The lowest BCUT2D eigenvalue weighted by Gasteiger charge is -2.10. The Balaban J connectivity index is 1.49. The molecular formula is C22H22N2O5S. The molecule has 0 saturated heterocycles. The number of sulfonamides is 1. The van der Waals surface area contributed by atoms with E-state index in [1.165, 1.54) is 12.1 Å². The van der Waals surface area contributed by atoms with Crippen LogP contribution in [0.4, 0.5) is 5.69 Å². The first-order valence-corrected chi connectivity index (χ1v) is 10.7. The number of anilines is 1. The highest BCUT2D eigenvalue weighted by molar-refractivity contribution is 7.89. The van der Waals surface area contributed by atoms with Gasteiger partial charge in [0.25, 0.3) is 0 Å². The Labute approximate surface area is 175 Å². The number of nitrogens with two attached hydrogens (primary N) is 1. The van der Waals surface area contributed by atoms with Crippen molar-refractivity contribution >= 4 is 21.7 Å². The van der Waals surface area contributed by atoms with Crippen molar-refractivity contribution in [1.29, 1.82) is 0 Å². The van der Waals surface area contributed by atoms with Crippen LogP contribution in [0.2, 0.25) is 0 Å². The van der Waals surface area contributed by atoms with Gasteiger partial charge in [-0.1, -0.05) is 36.4 Å². The van der Waals surface area contributed by atoms with Gasteiger partial charge in [0, 0.05) is 18.3 Å². The van der Waals surface area contributed by atoms with Crippen molar-refractivity contribution in [3.63, 3.8) is 0 Å². The first-order chi connectivity index (χ1) is 14.4. The van der Waals surface area contributed by atoms with E-state index in [0.29, 0.717) is 23.8 Å². The van der Waals surface area contributed by atoms with Gasteiger partial charge in [-0.3, -0.25) is 4.79 Å². The van der Waals surface area contributed by atoms with Gasteiger partial charge in [-0.25, -0.2) is 13.1 Å². The number of nitrogen functional groups attached to an aromatic ring is 1. The van der Waals surface area contributed by atoms with Crippen LogP contribution in [0, 0.1) is 0 Å². The molecule has 0 bridgehead atoms. The molecular weight excluding hydrogens is 404 g/mol. The SMILES string of the molecule is Nc1cccc(COc2cccc(OC(=O)CCNS(=O)(=O)c3ccccc3)c2)c1. The first kappa shape index (κ1) is 21.4. The normalized spacial score (nSPS) is 11.1. The minimum atomic E-state index is -3.66. The Morgan fingerprint density at radius 3 is 2.40 bits per heavy atom. The van der Waals surface area contributed by atoms with E-state index in [2.05, 4.69) is 4.72 Å². The monoisotopic (exact) mass is 426 g/mol. The third kappa shape index (κ3) is 6.33. The molecule has 0 amide bonds. The van der Waals surface area contributed by atoms with Crippen molar-refractivity contribution in [1.82, 2.24) is 4.72 Å². The fourth-order valence-electron chi connectivity index (χ4n) is 2.63. The van der Waals surface area contributed by atoms with Gasteiger partial charge in [-0.05, 0) is 42.0 Å². The molecule has 30 heavy (non-hydrogen) atoms. The molecule has 0 aromatic heterocycles. The number of hydrogen-bond acceptors (Lipinski definition) is 6. The van der Waals surface area contributed by atoms with E-state index in [4.69, 9.17) is 15.2 Å². The first-order valence-electron chi connectivity index (χ1n) is 9.25. The minimum absolute atomic E-state index is 0.0678. The molecule has 0 heterocycles. The number of nitrogens with one attached hydrogen (secondary N) is 1. The predicted octanol–water partition coefficient (Wildman–Crippen LogP) is 3.12. The third-order valence-electron chi connectivity index (χ3n) is 4.07. The van der Waals surface area contributed by atoms with E-state index in [0.717, 1.165) is 5.56 Å². The Kier molecular flexibility index (Phi) is 7.05. The number of benzene rings is 3. The third-order valence-corrected chi connectivity index (χ3v) is 5.55. The molecule has 0 aliphatic rings. The van der Waals surface area contributed by atoms with Crippen LogP contribution in [0.3, 0.4) is 0 Å². The summed E-state index contributed by atoms with van der Waals surface area (Å²) in [6, 6.07) is 22.0. The zero-order valence-corrected chi connectivity index (χ0v) is 17.0. The van der Waals surface area contributed by atoms with Crippen molar-refractivity contribution in [2.75, 3.05) is 12.3 Å². The maximum Gasteiger partial charge on any atom is 0.312 e. The molecule has 3 aromatic rings. The molecule has 0 radical (unpaired) electrons. The summed E-state index contributed by atoms with van der Waals surface area (Å²) < 4.78 is 37.6. The van der Waals surface area contributed by atoms with E-state index >= 15 is 0 Å². The van der Waals surface area contributed by atoms with Gasteiger partial charge in [0.15, 0.2) is 0 Å². The number of rotatable bonds is 9. The molecule has 156 valence electrons. The van der Waals surface area contributed by atoms with Crippen molar-refractivity contribution < 1.29 is 22.7 Å². The molecule has 3 N–H and O–H groups in total. The zero-order valence-electron chi connectivity index (χ0n) is 16.2. The van der Waals surface area contributed by atoms with Crippen molar-refractivity contribution in [2.45, 2.75) is 17.9 Å². The summed E-state index contributed by atoms with van der Waals surface area (Å²) in [6.07, 6.45) is -0.111. The fourth-order valence-corrected chi connectivity index (χ4v) is 3.68. The van der Waals surface area contributed by atoms with Gasteiger partial charge in [-0.15, -0.1) is 0 Å². The lowest BCUT2D eigenvalue weighted by Crippen LogP contribution is -2.27. The van der Waals surface area contributed by atoms with E-state index in [1.807, 2.05) is 18.2 Å². The van der Waals surface area contributed by atoms with E-state index < -0.39 is 16.0 Å². The van der Waals surface area contributed by atoms with Crippen LogP contribution in [0.15, 0.2) is 83.8 Å². The van der Waals surface area contributed by atoms with Crippen LogP contribution in [-0.2, 0) is 21.4 Å². The van der Waals surface area contributed by atoms with Crippen LogP contribution in [0.5, 0.6) is 11.5 Å². The quantitative estimate of drug-likeness (QED) is 0.309. The van der Waals surface area contributed by atoms with E-state index in [9.17, 15) is 13.2 Å². The zero-order chi connectivity index (χ0) is 21.4. The molecule has 3 rings (SSSR count). The number of esters is 1. The van der Waals surface area contributed by atoms with Gasteiger partial charge >= 0.3 is 5.97 Å². The average molecular weight is 426 g/mol. The molecule has 0 aliphatic carbocycles. The fraction of sp³-hybridized carbons (Fsp3) is 0.136. The number of carbonyl (C=O) groups excluding carboxylic acids is 1. The molecule has 0 saturated carbocycles. The minimum Gasteiger partial charge on any atom is -0.489 e. The second-order valence-electron chi connectivity index (χ2n) is 6.44. The molecule has 0 aliphatic heterocycles. The summed E-state index contributed by atoms with van der Waals surface area (Å²) in [5.41, 5.74) is 7.32. The highest BCUT2D eigenvalue weighted by atomic mass is 32.2. The largest absolute Gasteiger partial charge is 0.489 e. The van der Waals surface area contributed by atoms with Gasteiger partial charge in [0.05, 0.1) is 11.3 Å². The predicted molar refractivity (Wildman–Crippen MR) is 114 cm³/mol. The average Bonchev–Trinajstić information content (AvgIpc) is 2.73. The maximum absolute atomic E-state index is 12.1. The summed E-state index contributed by atoms with van der Waals surface area (Å²) in [7, 11) is -3.66. The highest BCUT2D eigenvalue weighted by Crippen LogP contribution is 2.21. The Bertz CT molecular complexity index is 1100. The molecule has 0 spiro atoms. The summed E-state index contributed by atoms with van der Waals surface area (Å²) in [5, 5.41) is 0. The number of ether oxygens (including phenoxy) is 2. The van der Waals surface area contributed by atoms with Gasteiger partial charge in [0.1, 0.15) is 18.1 Å².